The summed E-state index contributed by atoms with van der Waals surface area (Å²) in [6.07, 6.45) is -1.97. The quantitative estimate of drug-likeness (QED) is 0.0404. The fourth-order valence-electron chi connectivity index (χ4n) is 8.77. The van der Waals surface area contributed by atoms with Crippen molar-refractivity contribution < 1.29 is 60.0 Å². The van der Waals surface area contributed by atoms with E-state index in [-0.39, 0.29) is 127 Å². The summed E-state index contributed by atoms with van der Waals surface area (Å²) in [5.74, 6) is -1.44. The zero-order valence-corrected chi connectivity index (χ0v) is 47.7. The van der Waals surface area contributed by atoms with E-state index in [2.05, 4.69) is 29.9 Å². The molecule has 3 atom stereocenters. The molecule has 0 radical (unpaired) electrons. The Kier molecular flexibility index (Phi) is 25.6. The van der Waals surface area contributed by atoms with Gasteiger partial charge in [-0.3, -0.25) is 9.59 Å². The summed E-state index contributed by atoms with van der Waals surface area (Å²) in [7, 11) is -3.62. The predicted octanol–water partition coefficient (Wildman–Crippen LogP) is 4.79. The fourth-order valence-corrected chi connectivity index (χ4v) is 12.0. The van der Waals surface area contributed by atoms with Crippen LogP contribution in [0.5, 0.6) is 0 Å². The molecule has 0 aromatic heterocycles. The highest BCUT2D eigenvalue weighted by molar-refractivity contribution is 7.89. The molecule has 2 amide bonds. The molecule has 25 heteroatoms. The predicted molar refractivity (Wildman–Crippen MR) is 294 cm³/mol. The zero-order chi connectivity index (χ0) is 55.4. The number of ether oxygens (including phenoxy) is 6. The van der Waals surface area contributed by atoms with Crippen LogP contribution in [0.2, 0.25) is 20.1 Å². The summed E-state index contributed by atoms with van der Waals surface area (Å²) in [5.41, 5.74) is 5.63. The molecule has 0 saturated heterocycles. The van der Waals surface area contributed by atoms with E-state index in [9.17, 15) is 31.5 Å². The van der Waals surface area contributed by atoms with Gasteiger partial charge in [0.1, 0.15) is 6.10 Å². The Hall–Kier alpha value is -3.56. The van der Waals surface area contributed by atoms with Crippen molar-refractivity contribution in [3.8, 4) is 0 Å². The van der Waals surface area contributed by atoms with Gasteiger partial charge in [-0.05, 0) is 96.0 Å². The lowest BCUT2D eigenvalue weighted by Gasteiger charge is -2.33. The molecule has 424 valence electrons. The van der Waals surface area contributed by atoms with Crippen molar-refractivity contribution in [2.45, 2.75) is 47.2 Å². The minimum absolute atomic E-state index is 0.0668. The van der Waals surface area contributed by atoms with Crippen LogP contribution in [-0.4, -0.2) is 182 Å². The minimum atomic E-state index is -3.81. The van der Waals surface area contributed by atoms with Crippen LogP contribution in [0.1, 0.15) is 51.6 Å². The van der Waals surface area contributed by atoms with Gasteiger partial charge in [-0.25, -0.2) is 26.3 Å². The Bertz CT molecular complexity index is 2800. The van der Waals surface area contributed by atoms with E-state index in [0.29, 0.717) is 46.3 Å². The van der Waals surface area contributed by atoms with Crippen molar-refractivity contribution in [1.82, 2.24) is 29.9 Å². The van der Waals surface area contributed by atoms with Crippen LogP contribution in [0.25, 0.3) is 0 Å². The molecule has 2 heterocycles. The van der Waals surface area contributed by atoms with E-state index in [1.165, 1.54) is 0 Å². The number of hydrogen-bond donors (Lipinski definition) is 5. The largest absolute Gasteiger partial charge is 0.383 e. The summed E-state index contributed by atoms with van der Waals surface area (Å²) in [6, 6.07) is 21.0. The van der Waals surface area contributed by atoms with Crippen molar-refractivity contribution in [3.63, 3.8) is 0 Å². The van der Waals surface area contributed by atoms with Crippen LogP contribution >= 0.6 is 46.4 Å². The van der Waals surface area contributed by atoms with Gasteiger partial charge in [-0.1, -0.05) is 70.7 Å². The number of carbonyl (C=O) groups is 2. The third-order valence-electron chi connectivity index (χ3n) is 12.5. The molecule has 6 rings (SSSR count). The van der Waals surface area contributed by atoms with Gasteiger partial charge in [0.15, 0.2) is 0 Å². The molecule has 77 heavy (non-hydrogen) atoms. The average Bonchev–Trinajstić information content (AvgIpc) is 3.40. The first-order chi connectivity index (χ1) is 36.9. The van der Waals surface area contributed by atoms with Gasteiger partial charge in [0.05, 0.1) is 95.5 Å². The molecule has 2 aliphatic heterocycles. The first-order valence-electron chi connectivity index (χ1n) is 25.1. The molecule has 2 aliphatic rings. The average molecular weight is 1190 g/mol. The maximum atomic E-state index is 13.1. The Morgan fingerprint density at radius 1 is 0.558 bits per heavy atom. The van der Waals surface area contributed by atoms with Gasteiger partial charge in [0.25, 0.3) is 0 Å². The van der Waals surface area contributed by atoms with Crippen LogP contribution < -0.4 is 20.1 Å². The van der Waals surface area contributed by atoms with E-state index in [4.69, 9.17) is 74.8 Å². The van der Waals surface area contributed by atoms with Crippen molar-refractivity contribution in [2.75, 3.05) is 133 Å². The number of benzene rings is 4. The number of carbonyl (C=O) groups excluding carboxylic acids is 2. The summed E-state index contributed by atoms with van der Waals surface area (Å²) in [5, 5.41) is 17.5. The number of rotatable bonds is 33. The smallest absolute Gasteiger partial charge is 0.249 e. The normalized spacial score (nSPS) is 16.5. The number of sulfonamides is 2. The molecule has 0 bridgehead atoms. The number of aliphatic hydroxyl groups is 1. The highest BCUT2D eigenvalue weighted by atomic mass is 35.5. The number of nitrogens with zero attached hydrogens (tertiary/aromatic N) is 2. The molecule has 3 unspecified atom stereocenters. The summed E-state index contributed by atoms with van der Waals surface area (Å²) < 4.78 is 90.6. The molecule has 5 N–H and O–H groups in total. The molecule has 4 aromatic carbocycles. The highest BCUT2D eigenvalue weighted by Gasteiger charge is 2.30. The molecule has 0 fully saturated rings. The molecular weight excluding hydrogens is 1120 g/mol. The van der Waals surface area contributed by atoms with Gasteiger partial charge in [-0.2, -0.15) is 0 Å². The standard InChI is InChI=1S/C52H68Cl4N6O13S2/c1-61-32-44(42-27-38(53)29-48(55)46(42)34-61)36-5-3-7-40(25-36)76(66,67)59-11-15-72-19-23-74-21-17-70-13-9-57-51(64)31-50(63)52(65)58-10-14-71-18-22-75-24-20-73-16-12-60-77(68,69)41-8-4-6-37(26-41)45-33-62(2)35-47-43(45)28-39(54)30-49(47)56/h3-8,25-30,44-45,50,59-60,63H,9-24,31-35H2,1-2H3,(H,57,64)(H,58,65). The number of hydrogen-bond acceptors (Lipinski definition) is 15. The van der Waals surface area contributed by atoms with E-state index in [1.54, 1.807) is 48.5 Å². The minimum Gasteiger partial charge on any atom is -0.383 e. The molecule has 4 aromatic rings. The van der Waals surface area contributed by atoms with Crippen molar-refractivity contribution >= 4 is 78.3 Å². The van der Waals surface area contributed by atoms with Gasteiger partial charge >= 0.3 is 0 Å². The highest BCUT2D eigenvalue weighted by Crippen LogP contribution is 2.40. The van der Waals surface area contributed by atoms with Crippen molar-refractivity contribution in [3.05, 3.63) is 126 Å². The van der Waals surface area contributed by atoms with Gasteiger partial charge < -0.3 is 54.0 Å². The number of aliphatic hydroxyl groups excluding tert-OH is 1. The molecule has 19 nitrogen and oxygen atoms in total. The summed E-state index contributed by atoms with van der Waals surface area (Å²) >= 11 is 25.7. The SMILES string of the molecule is CN1Cc2c(Cl)cc(Cl)cc2C(c2cccc(S(=O)(=O)NCCOCCOCCOCCNC(=O)CC(O)C(=O)NCCOCCOCCOCCNS(=O)(=O)c3cccc(C4CN(C)Cc5c(Cl)cc(Cl)cc54)c3)c2)C1. The van der Waals surface area contributed by atoms with E-state index >= 15 is 0 Å². The number of nitrogens with one attached hydrogen (secondary N) is 4. The van der Waals surface area contributed by atoms with Gasteiger partial charge in [0, 0.05) is 84.3 Å². The third kappa shape index (κ3) is 19.9. The van der Waals surface area contributed by atoms with Crippen LogP contribution in [-0.2, 0) is 71.1 Å². The maximum absolute atomic E-state index is 13.1. The lowest BCUT2D eigenvalue weighted by atomic mass is 9.85. The monoisotopic (exact) mass is 1190 g/mol. The van der Waals surface area contributed by atoms with E-state index in [1.807, 2.05) is 38.4 Å². The second-order valence-electron chi connectivity index (χ2n) is 18.4. The Balaban J connectivity index is 0.705. The molecule has 0 spiro atoms. The summed E-state index contributed by atoms with van der Waals surface area (Å²) in [6.45, 7) is 5.74. The van der Waals surface area contributed by atoms with Gasteiger partial charge in [0.2, 0.25) is 31.9 Å². The molecule has 0 aliphatic carbocycles. The lowest BCUT2D eigenvalue weighted by Crippen LogP contribution is -2.40. The number of likely N-dealkylation sites (N-methyl/N-ethyl adjacent to an activating group) is 2. The first kappa shape index (κ1) is 62.6. The summed E-state index contributed by atoms with van der Waals surface area (Å²) in [4.78, 5) is 29.0. The molecular formula is C52H68Cl4N6O13S2. The number of fused-ring (bicyclic) bond motifs is 2. The lowest BCUT2D eigenvalue weighted by molar-refractivity contribution is -0.134. The Morgan fingerprint density at radius 3 is 1.35 bits per heavy atom. The van der Waals surface area contributed by atoms with Crippen molar-refractivity contribution in [2.24, 2.45) is 0 Å². The zero-order valence-electron chi connectivity index (χ0n) is 43.1. The second-order valence-corrected chi connectivity index (χ2v) is 23.6. The third-order valence-corrected chi connectivity index (χ3v) is 16.5. The van der Waals surface area contributed by atoms with E-state index < -0.39 is 44.4 Å². The number of halogens is 4. The fraction of sp³-hybridized carbons (Fsp3) is 0.500. The van der Waals surface area contributed by atoms with Crippen LogP contribution in [0.15, 0.2) is 82.6 Å². The van der Waals surface area contributed by atoms with Crippen LogP contribution in [0.4, 0.5) is 0 Å². The maximum Gasteiger partial charge on any atom is 0.249 e. The van der Waals surface area contributed by atoms with E-state index in [0.717, 1.165) is 33.4 Å². The topological polar surface area (TPSA) is 233 Å². The van der Waals surface area contributed by atoms with Gasteiger partial charge in [-0.15, -0.1) is 0 Å². The Morgan fingerprint density at radius 2 is 0.935 bits per heavy atom. The van der Waals surface area contributed by atoms with Crippen molar-refractivity contribution in [1.29, 1.82) is 0 Å². The second kappa shape index (κ2) is 31.4. The van der Waals surface area contributed by atoms with Crippen LogP contribution in [0, 0.1) is 0 Å². The van der Waals surface area contributed by atoms with Crippen LogP contribution in [0.3, 0.4) is 0 Å². The first-order valence-corrected chi connectivity index (χ1v) is 29.6. The Labute approximate surface area is 471 Å². The number of amides is 2. The molecule has 0 saturated carbocycles.